The quantitative estimate of drug-likeness (QED) is 0.0414. The molecule has 3 aromatic carbocycles. The molecule has 0 radical (unpaired) electrons. The van der Waals surface area contributed by atoms with Gasteiger partial charge in [-0.1, -0.05) is 44.0 Å². The van der Waals surface area contributed by atoms with Gasteiger partial charge in [-0.15, -0.1) is 0 Å². The molecule has 0 saturated carbocycles. The molecule has 3 rings (SSSR count). The van der Waals surface area contributed by atoms with Gasteiger partial charge in [-0.25, -0.2) is 0 Å². The van der Waals surface area contributed by atoms with Gasteiger partial charge in [-0.05, 0) is 79.4 Å². The van der Waals surface area contributed by atoms with Gasteiger partial charge < -0.3 is 51.9 Å². The van der Waals surface area contributed by atoms with Crippen molar-refractivity contribution in [2.45, 2.75) is 64.5 Å². The van der Waals surface area contributed by atoms with Crippen molar-refractivity contribution in [1.29, 1.82) is 5.26 Å². The van der Waals surface area contributed by atoms with E-state index in [1.165, 1.54) is 17.5 Å². The number of amides is 4. The predicted molar refractivity (Wildman–Crippen MR) is 222 cm³/mol. The molecule has 2 atom stereocenters. The maximum atomic E-state index is 13.5. The number of aldehydes is 1. The summed E-state index contributed by atoms with van der Waals surface area (Å²) in [6.45, 7) is 4.67. The number of ether oxygens (including phenoxy) is 2. The monoisotopic (exact) mass is 798 g/mol. The van der Waals surface area contributed by atoms with Crippen LogP contribution in [0.2, 0.25) is 0 Å². The number of nitrogens with one attached hydrogen (secondary N) is 4. The van der Waals surface area contributed by atoms with E-state index in [1.54, 1.807) is 43.4 Å². The molecule has 0 aliphatic heterocycles. The second-order valence-electron chi connectivity index (χ2n) is 13.8. The lowest BCUT2D eigenvalue weighted by Crippen LogP contribution is -2.50. The van der Waals surface area contributed by atoms with Gasteiger partial charge in [0.2, 0.25) is 17.7 Å². The Kier molecular flexibility index (Phi) is 19.9. The van der Waals surface area contributed by atoms with Crippen LogP contribution in [-0.4, -0.2) is 101 Å². The lowest BCUT2D eigenvalue weighted by atomic mass is 9.94. The lowest BCUT2D eigenvalue weighted by molar-refractivity contribution is -0.134. The van der Waals surface area contributed by atoms with E-state index in [0.29, 0.717) is 45.6 Å². The summed E-state index contributed by atoms with van der Waals surface area (Å²) in [6.07, 6.45) is 5.02. The van der Waals surface area contributed by atoms with Crippen molar-refractivity contribution in [3.63, 3.8) is 0 Å². The minimum atomic E-state index is -1.01. The summed E-state index contributed by atoms with van der Waals surface area (Å²) in [5.41, 5.74) is 16.3. The Hall–Kier alpha value is -5.82. The van der Waals surface area contributed by atoms with Gasteiger partial charge >= 0.3 is 0 Å². The summed E-state index contributed by atoms with van der Waals surface area (Å²) >= 11 is 0. The van der Waals surface area contributed by atoms with Gasteiger partial charge in [0.1, 0.15) is 49.6 Å². The second kappa shape index (κ2) is 24.7. The maximum Gasteiger partial charge on any atom is 0.251 e. The SMILES string of the molecule is CCCCCc1ccc(C(=O)NCCC(=O)N(C)C(C=O)c2ccc(OCCN)c(-c3cc(CC(NC(=O)CNC)C(=O)NCC#N)ccc3OCCN)c2)c(C)c1. The van der Waals surface area contributed by atoms with Crippen molar-refractivity contribution in [1.82, 2.24) is 26.2 Å². The number of aryl methyl sites for hydroxylation is 2. The summed E-state index contributed by atoms with van der Waals surface area (Å²) in [6, 6.07) is 16.0. The first-order valence-corrected chi connectivity index (χ1v) is 19.6. The first kappa shape index (κ1) is 46.6. The van der Waals surface area contributed by atoms with Crippen molar-refractivity contribution in [3.8, 4) is 28.7 Å². The normalized spacial score (nSPS) is 11.7. The molecule has 58 heavy (non-hydrogen) atoms. The summed E-state index contributed by atoms with van der Waals surface area (Å²) in [5.74, 6) is -0.736. The van der Waals surface area contributed by atoms with Crippen LogP contribution in [0.25, 0.3) is 11.1 Å². The molecule has 0 fully saturated rings. The van der Waals surface area contributed by atoms with Gasteiger partial charge in [-0.3, -0.25) is 19.2 Å². The van der Waals surface area contributed by atoms with Crippen LogP contribution < -0.4 is 42.2 Å². The zero-order valence-electron chi connectivity index (χ0n) is 34.0. The molecule has 0 saturated heterocycles. The summed E-state index contributed by atoms with van der Waals surface area (Å²) in [4.78, 5) is 66.0. The average molecular weight is 799 g/mol. The highest BCUT2D eigenvalue weighted by Crippen LogP contribution is 2.39. The third-order valence-electron chi connectivity index (χ3n) is 9.37. The van der Waals surface area contributed by atoms with Crippen molar-refractivity contribution >= 4 is 29.9 Å². The average Bonchev–Trinajstić information content (AvgIpc) is 3.21. The molecule has 0 aliphatic carbocycles. The van der Waals surface area contributed by atoms with E-state index in [9.17, 15) is 24.0 Å². The zero-order valence-corrected chi connectivity index (χ0v) is 34.0. The van der Waals surface area contributed by atoms with Gasteiger partial charge in [0.15, 0.2) is 0 Å². The molecule has 2 unspecified atom stereocenters. The molecule has 8 N–H and O–H groups in total. The van der Waals surface area contributed by atoms with E-state index in [0.717, 1.165) is 31.2 Å². The fraction of sp³-hybridized carbons (Fsp3) is 0.442. The predicted octanol–water partition coefficient (Wildman–Crippen LogP) is 2.47. The first-order chi connectivity index (χ1) is 28.0. The van der Waals surface area contributed by atoms with Crippen LogP contribution in [0.4, 0.5) is 0 Å². The fourth-order valence-corrected chi connectivity index (χ4v) is 6.37. The number of hydrogen-bond acceptors (Lipinski definition) is 11. The van der Waals surface area contributed by atoms with Crippen LogP contribution in [0.1, 0.15) is 71.3 Å². The van der Waals surface area contributed by atoms with Crippen molar-refractivity contribution < 1.29 is 33.4 Å². The van der Waals surface area contributed by atoms with E-state index in [2.05, 4.69) is 28.2 Å². The molecular formula is C43H58N8O7. The van der Waals surface area contributed by atoms with E-state index in [1.807, 2.05) is 31.2 Å². The van der Waals surface area contributed by atoms with Crippen LogP contribution in [-0.2, 0) is 32.0 Å². The van der Waals surface area contributed by atoms with E-state index in [-0.39, 0.29) is 70.6 Å². The number of hydrogen-bond donors (Lipinski definition) is 6. The van der Waals surface area contributed by atoms with Crippen LogP contribution in [0.5, 0.6) is 11.5 Å². The van der Waals surface area contributed by atoms with E-state index >= 15 is 0 Å². The molecule has 0 spiro atoms. The maximum absolute atomic E-state index is 13.5. The number of benzene rings is 3. The van der Waals surface area contributed by atoms with Crippen LogP contribution >= 0.6 is 0 Å². The molecule has 15 nitrogen and oxygen atoms in total. The Morgan fingerprint density at radius 2 is 1.59 bits per heavy atom. The molecule has 0 aromatic heterocycles. The summed E-state index contributed by atoms with van der Waals surface area (Å²) in [7, 11) is 3.13. The molecule has 3 aromatic rings. The smallest absolute Gasteiger partial charge is 0.251 e. The molecular weight excluding hydrogens is 741 g/mol. The van der Waals surface area contributed by atoms with Crippen LogP contribution in [0, 0.1) is 18.3 Å². The highest BCUT2D eigenvalue weighted by Gasteiger charge is 2.25. The number of carbonyl (C=O) groups is 5. The standard InChI is InChI=1S/C43H58N8O7/c1-5-6-7-8-30-9-12-33(29(2)23-30)42(55)48-19-15-41(54)51(4)37(28-52)32-11-14-39(58-22-18-46)35(26-32)34-24-31(10-13-38(34)57-21-17-45)25-36(43(56)49-20-16-44)50-40(53)27-47-3/h9-14,23-24,26,28,36-37,47H,5-8,15,17-22,25,27,45-46H2,1-4H3,(H,48,55)(H,49,56)(H,50,53). The highest BCUT2D eigenvalue weighted by atomic mass is 16.5. The van der Waals surface area contributed by atoms with Gasteiger partial charge in [-0.2, -0.15) is 5.26 Å². The molecule has 312 valence electrons. The molecule has 4 amide bonds. The number of nitrogens with zero attached hydrogens (tertiary/aromatic N) is 2. The Bertz CT molecular complexity index is 1900. The Labute approximate surface area is 341 Å². The Balaban J connectivity index is 1.91. The summed E-state index contributed by atoms with van der Waals surface area (Å²) < 4.78 is 12.1. The van der Waals surface area contributed by atoms with Gasteiger partial charge in [0.25, 0.3) is 5.91 Å². The van der Waals surface area contributed by atoms with E-state index in [4.69, 9.17) is 26.2 Å². The lowest BCUT2D eigenvalue weighted by Gasteiger charge is -2.26. The van der Waals surface area contributed by atoms with Crippen LogP contribution in [0.15, 0.2) is 54.6 Å². The largest absolute Gasteiger partial charge is 0.492 e. The van der Waals surface area contributed by atoms with Crippen molar-refractivity contribution in [2.75, 3.05) is 60.0 Å². The number of rotatable bonds is 25. The van der Waals surface area contributed by atoms with Gasteiger partial charge in [0, 0.05) is 56.2 Å². The van der Waals surface area contributed by atoms with Crippen molar-refractivity contribution in [3.05, 3.63) is 82.4 Å². The highest BCUT2D eigenvalue weighted by molar-refractivity contribution is 5.96. The minimum Gasteiger partial charge on any atom is -0.492 e. The second-order valence-corrected chi connectivity index (χ2v) is 13.8. The van der Waals surface area contributed by atoms with E-state index < -0.39 is 23.9 Å². The third-order valence-corrected chi connectivity index (χ3v) is 9.37. The summed E-state index contributed by atoms with van der Waals surface area (Å²) in [5, 5.41) is 19.8. The Morgan fingerprint density at radius 3 is 2.21 bits per heavy atom. The number of nitrogens with two attached hydrogens (primary N) is 2. The Morgan fingerprint density at radius 1 is 0.914 bits per heavy atom. The van der Waals surface area contributed by atoms with Gasteiger partial charge in [0.05, 0.1) is 12.6 Å². The number of likely N-dealkylation sites (N-methyl/N-ethyl adjacent to an activating group) is 2. The topological polar surface area (TPSA) is 231 Å². The molecule has 0 heterocycles. The van der Waals surface area contributed by atoms with Crippen LogP contribution in [0.3, 0.4) is 0 Å². The number of carbonyl (C=O) groups excluding carboxylic acids is 5. The third kappa shape index (κ3) is 14.0. The minimum absolute atomic E-state index is 0.0232. The molecule has 0 aliphatic rings. The number of nitriles is 1. The number of unbranched alkanes of at least 4 members (excludes halogenated alkanes) is 2. The molecule has 15 heteroatoms. The van der Waals surface area contributed by atoms with Crippen molar-refractivity contribution in [2.24, 2.45) is 11.5 Å². The fourth-order valence-electron chi connectivity index (χ4n) is 6.37. The first-order valence-electron chi connectivity index (χ1n) is 19.6. The molecule has 0 bridgehead atoms. The zero-order chi connectivity index (χ0) is 42.5.